The van der Waals surface area contributed by atoms with Crippen molar-refractivity contribution >= 4 is 41.1 Å². The predicted molar refractivity (Wildman–Crippen MR) is 145 cm³/mol. The molecule has 0 aliphatic carbocycles. The Hall–Kier alpha value is -5.06. The average Bonchev–Trinajstić information content (AvgIpc) is 3.57. The molecule has 3 N–H and O–H groups in total. The van der Waals surface area contributed by atoms with Gasteiger partial charge in [0.2, 0.25) is 17.8 Å². The van der Waals surface area contributed by atoms with Gasteiger partial charge in [0, 0.05) is 18.1 Å². The van der Waals surface area contributed by atoms with Crippen LogP contribution in [0.15, 0.2) is 53.2 Å². The van der Waals surface area contributed by atoms with Crippen LogP contribution in [0.5, 0.6) is 0 Å². The van der Waals surface area contributed by atoms with Crippen LogP contribution in [0, 0.1) is 11.3 Å². The number of aliphatic hydroxyl groups excluding tert-OH is 1. The second-order valence-electron chi connectivity index (χ2n) is 9.20. The normalized spacial score (nSPS) is 14.3. The maximum Gasteiger partial charge on any atom is 0.264 e. The number of nitrogens with one attached hydrogen (secondary N) is 2. The molecule has 13 nitrogen and oxygen atoms in total. The lowest BCUT2D eigenvalue weighted by Crippen LogP contribution is -2.53. The predicted octanol–water partition coefficient (Wildman–Crippen LogP) is 2.50. The summed E-state index contributed by atoms with van der Waals surface area (Å²) in [5, 5.41) is 29.6. The Kier molecular flexibility index (Phi) is 7.52. The van der Waals surface area contributed by atoms with Crippen LogP contribution in [0.4, 0.5) is 11.8 Å². The summed E-state index contributed by atoms with van der Waals surface area (Å²) in [6.07, 6.45) is 2.61. The van der Waals surface area contributed by atoms with Crippen molar-refractivity contribution in [1.82, 2.24) is 30.0 Å². The minimum Gasteiger partial charge on any atom is -0.458 e. The molecule has 5 rings (SSSR count). The molecule has 0 fully saturated rings. The molecule has 4 aromatic rings. The molecule has 1 aromatic carbocycles. The van der Waals surface area contributed by atoms with Gasteiger partial charge < -0.3 is 20.2 Å². The van der Waals surface area contributed by atoms with Crippen molar-refractivity contribution in [2.75, 3.05) is 11.9 Å². The van der Waals surface area contributed by atoms with Gasteiger partial charge in [-0.05, 0) is 30.7 Å². The Morgan fingerprint density at radius 3 is 2.78 bits per heavy atom. The molecule has 208 valence electrons. The number of furan rings is 1. The molecule has 0 unspecified atom stereocenters. The number of aliphatic hydroxyl groups is 1. The van der Waals surface area contributed by atoms with Gasteiger partial charge in [0.25, 0.3) is 5.91 Å². The standard InChI is InChI=1S/C27H23ClN8O5/c1-14(25(39)32-19(13-37)15-4-3-5-17(28)8-15)36-23(38)10-20-18(26(36)40)9-21(41-20)24-16(11-29)12-30-27(34-24)33-22-6-7-31-35(22)2/h3-9,12,14,19,37H,10,13H2,1-2H3,(H,32,39)(H,30,33,34)/t14-,19-/m1/s1. The van der Waals surface area contributed by atoms with E-state index in [-0.39, 0.29) is 40.7 Å². The van der Waals surface area contributed by atoms with E-state index < -0.39 is 36.4 Å². The number of halogens is 1. The molecule has 2 atom stereocenters. The van der Waals surface area contributed by atoms with Gasteiger partial charge in [-0.2, -0.15) is 10.4 Å². The quantitative estimate of drug-likeness (QED) is 0.265. The lowest BCUT2D eigenvalue weighted by Gasteiger charge is -2.30. The number of carbonyl (C=O) groups excluding carboxylic acids is 3. The molecular formula is C27H23ClN8O5. The van der Waals surface area contributed by atoms with Crippen molar-refractivity contribution in [3.63, 3.8) is 0 Å². The zero-order valence-electron chi connectivity index (χ0n) is 21.8. The fourth-order valence-electron chi connectivity index (χ4n) is 4.41. The van der Waals surface area contributed by atoms with Crippen molar-refractivity contribution < 1.29 is 23.9 Å². The highest BCUT2D eigenvalue weighted by molar-refractivity contribution is 6.30. The highest BCUT2D eigenvalue weighted by Crippen LogP contribution is 2.32. The van der Waals surface area contributed by atoms with Crippen LogP contribution >= 0.6 is 11.6 Å². The Labute approximate surface area is 238 Å². The lowest BCUT2D eigenvalue weighted by molar-refractivity contribution is -0.137. The summed E-state index contributed by atoms with van der Waals surface area (Å²) in [5.74, 6) is -1.09. The smallest absolute Gasteiger partial charge is 0.264 e. The van der Waals surface area contributed by atoms with E-state index >= 15 is 0 Å². The van der Waals surface area contributed by atoms with Crippen LogP contribution in [-0.2, 0) is 23.1 Å². The van der Waals surface area contributed by atoms with Gasteiger partial charge in [0.1, 0.15) is 34.9 Å². The molecule has 0 saturated heterocycles. The van der Waals surface area contributed by atoms with Gasteiger partial charge in [0.05, 0.1) is 37.0 Å². The number of nitrogens with zero attached hydrogens (tertiary/aromatic N) is 6. The third-order valence-corrected chi connectivity index (χ3v) is 6.79. The van der Waals surface area contributed by atoms with E-state index in [2.05, 4.69) is 25.7 Å². The fraction of sp³-hybridized carbons (Fsp3) is 0.222. The van der Waals surface area contributed by atoms with Crippen LogP contribution in [0.3, 0.4) is 0 Å². The molecule has 41 heavy (non-hydrogen) atoms. The molecule has 1 aliphatic heterocycles. The Morgan fingerprint density at radius 1 is 1.29 bits per heavy atom. The molecule has 1 aliphatic rings. The first-order valence-electron chi connectivity index (χ1n) is 12.4. The van der Waals surface area contributed by atoms with E-state index in [0.29, 0.717) is 16.4 Å². The minimum atomic E-state index is -1.20. The van der Waals surface area contributed by atoms with E-state index in [4.69, 9.17) is 16.0 Å². The van der Waals surface area contributed by atoms with Crippen molar-refractivity contribution in [2.45, 2.75) is 25.4 Å². The SMILES string of the molecule is C[C@H](C(=O)N[C@H](CO)c1cccc(Cl)c1)N1C(=O)Cc2oc(-c3nc(Nc4ccnn4C)ncc3C#N)cc2C1=O. The molecule has 0 bridgehead atoms. The van der Waals surface area contributed by atoms with Gasteiger partial charge >= 0.3 is 0 Å². The first kappa shape index (κ1) is 27.5. The highest BCUT2D eigenvalue weighted by Gasteiger charge is 2.40. The molecule has 0 radical (unpaired) electrons. The second-order valence-corrected chi connectivity index (χ2v) is 9.64. The van der Waals surface area contributed by atoms with E-state index in [1.54, 1.807) is 48.3 Å². The molecule has 3 amide bonds. The van der Waals surface area contributed by atoms with Crippen molar-refractivity contribution in [3.8, 4) is 17.5 Å². The van der Waals surface area contributed by atoms with Crippen LogP contribution < -0.4 is 10.6 Å². The summed E-state index contributed by atoms with van der Waals surface area (Å²) in [4.78, 5) is 48.9. The third-order valence-electron chi connectivity index (χ3n) is 6.56. The topological polar surface area (TPSA) is 179 Å². The summed E-state index contributed by atoms with van der Waals surface area (Å²) in [5.41, 5.74) is 0.836. The Bertz CT molecular complexity index is 1710. The van der Waals surface area contributed by atoms with Gasteiger partial charge in [0.15, 0.2) is 5.76 Å². The third kappa shape index (κ3) is 5.38. The molecule has 3 aromatic heterocycles. The minimum absolute atomic E-state index is 0.0662. The summed E-state index contributed by atoms with van der Waals surface area (Å²) >= 11 is 6.03. The van der Waals surface area contributed by atoms with E-state index in [9.17, 15) is 24.8 Å². The zero-order valence-corrected chi connectivity index (χ0v) is 22.6. The number of amides is 3. The number of imide groups is 1. The lowest BCUT2D eigenvalue weighted by atomic mass is 10.0. The average molecular weight is 575 g/mol. The number of nitriles is 1. The highest BCUT2D eigenvalue weighted by atomic mass is 35.5. The number of hydrogen-bond acceptors (Lipinski definition) is 10. The maximum absolute atomic E-state index is 13.4. The molecular weight excluding hydrogens is 552 g/mol. The van der Waals surface area contributed by atoms with Crippen molar-refractivity contribution in [1.29, 1.82) is 5.26 Å². The van der Waals surface area contributed by atoms with E-state index in [0.717, 1.165) is 4.90 Å². The summed E-state index contributed by atoms with van der Waals surface area (Å²) in [6.45, 7) is 0.992. The van der Waals surface area contributed by atoms with Gasteiger partial charge in [-0.1, -0.05) is 23.7 Å². The second kappa shape index (κ2) is 11.2. The van der Waals surface area contributed by atoms with Crippen LogP contribution in [0.2, 0.25) is 5.02 Å². The number of hydrogen-bond donors (Lipinski definition) is 3. The number of rotatable bonds is 8. The first-order chi connectivity index (χ1) is 19.7. The zero-order chi connectivity index (χ0) is 29.3. The van der Waals surface area contributed by atoms with Gasteiger partial charge in [-0.3, -0.25) is 24.0 Å². The Balaban J connectivity index is 1.39. The van der Waals surface area contributed by atoms with Crippen molar-refractivity contribution in [3.05, 3.63) is 76.3 Å². The van der Waals surface area contributed by atoms with Gasteiger partial charge in [-0.15, -0.1) is 0 Å². The number of aromatic nitrogens is 4. The van der Waals surface area contributed by atoms with Crippen LogP contribution in [0.1, 0.15) is 40.2 Å². The van der Waals surface area contributed by atoms with Crippen LogP contribution in [0.25, 0.3) is 11.5 Å². The summed E-state index contributed by atoms with van der Waals surface area (Å²) < 4.78 is 7.40. The van der Waals surface area contributed by atoms with Gasteiger partial charge in [-0.25, -0.2) is 9.97 Å². The largest absolute Gasteiger partial charge is 0.458 e. The molecule has 4 heterocycles. The first-order valence-corrected chi connectivity index (χ1v) is 12.8. The van der Waals surface area contributed by atoms with Crippen molar-refractivity contribution in [2.24, 2.45) is 7.05 Å². The Morgan fingerprint density at radius 2 is 2.10 bits per heavy atom. The fourth-order valence-corrected chi connectivity index (χ4v) is 4.60. The molecule has 0 spiro atoms. The number of anilines is 2. The summed E-state index contributed by atoms with van der Waals surface area (Å²) in [7, 11) is 1.73. The number of benzene rings is 1. The number of carbonyl (C=O) groups is 3. The molecule has 14 heteroatoms. The van der Waals surface area contributed by atoms with E-state index in [1.165, 1.54) is 19.2 Å². The number of fused-ring (bicyclic) bond motifs is 1. The number of aryl methyl sites for hydroxylation is 1. The summed E-state index contributed by atoms with van der Waals surface area (Å²) in [6, 6.07) is 9.73. The van der Waals surface area contributed by atoms with E-state index in [1.807, 2.05) is 6.07 Å². The monoisotopic (exact) mass is 574 g/mol. The molecule has 0 saturated carbocycles. The van der Waals surface area contributed by atoms with Crippen LogP contribution in [-0.4, -0.2) is 60.1 Å². The maximum atomic E-state index is 13.4.